The van der Waals surface area contributed by atoms with Gasteiger partial charge in [-0.05, 0) is 86.9 Å². The number of carbonyl (C=O) groups is 1. The molecule has 0 spiro atoms. The van der Waals surface area contributed by atoms with E-state index < -0.39 is 34.4 Å². The van der Waals surface area contributed by atoms with Gasteiger partial charge in [-0.3, -0.25) is 15.2 Å². The van der Waals surface area contributed by atoms with E-state index in [1.807, 2.05) is 0 Å². The summed E-state index contributed by atoms with van der Waals surface area (Å²) in [6.45, 7) is 2.51. The number of alkyl halides is 6. The Morgan fingerprint density at radius 1 is 0.878 bits per heavy atom. The zero-order valence-electron chi connectivity index (χ0n) is 22.4. The van der Waals surface area contributed by atoms with Crippen LogP contribution in [0.4, 0.5) is 43.4 Å². The van der Waals surface area contributed by atoms with E-state index in [1.165, 1.54) is 18.2 Å². The molecular weight excluding hydrogens is 554 g/mol. The maximum Gasteiger partial charge on any atom is 0.418 e. The molecule has 2 aromatic carbocycles. The van der Waals surface area contributed by atoms with Gasteiger partial charge in [-0.1, -0.05) is 0 Å². The lowest BCUT2D eigenvalue weighted by molar-refractivity contribution is -0.139. The second kappa shape index (κ2) is 12.8. The molecule has 0 bridgehead atoms. The van der Waals surface area contributed by atoms with Crippen molar-refractivity contribution in [3.63, 3.8) is 0 Å². The van der Waals surface area contributed by atoms with Gasteiger partial charge in [0.05, 0.1) is 11.1 Å². The number of amides is 1. The van der Waals surface area contributed by atoms with Crippen molar-refractivity contribution in [3.8, 4) is 0 Å². The zero-order chi connectivity index (χ0) is 29.8. The van der Waals surface area contributed by atoms with Gasteiger partial charge in [-0.25, -0.2) is 0 Å². The molecule has 226 valence electrons. The minimum Gasteiger partial charge on any atom is -0.382 e. The van der Waals surface area contributed by atoms with E-state index in [0.717, 1.165) is 68.7 Å². The van der Waals surface area contributed by atoms with Crippen molar-refractivity contribution in [2.24, 2.45) is 5.92 Å². The molecule has 2 saturated heterocycles. The van der Waals surface area contributed by atoms with Crippen LogP contribution in [0.5, 0.6) is 0 Å². The standard InChI is InChI=1S/C28H34F6N4O3/c29-27(30,31)20-4-7-23(8-5-20)36-14-10-19(11-15-36)2-1-3-26(39)37-16-12-21(13-17-37)35-22-6-9-25(38(40)41)24(18-22)28(32,33)34/h4-9,18-19,21,35,40-41H,1-3,10-17H2. The van der Waals surface area contributed by atoms with Crippen LogP contribution in [-0.4, -0.2) is 53.4 Å². The lowest BCUT2D eigenvalue weighted by Crippen LogP contribution is -2.42. The normalized spacial score (nSPS) is 17.6. The van der Waals surface area contributed by atoms with E-state index in [0.29, 0.717) is 38.3 Å². The third-order valence-electron chi connectivity index (χ3n) is 7.91. The number of benzene rings is 2. The average molecular weight is 589 g/mol. The van der Waals surface area contributed by atoms with Gasteiger partial charge < -0.3 is 15.1 Å². The Morgan fingerprint density at radius 3 is 2.07 bits per heavy atom. The van der Waals surface area contributed by atoms with Crippen molar-refractivity contribution in [1.82, 2.24) is 4.90 Å². The van der Waals surface area contributed by atoms with Crippen molar-refractivity contribution in [3.05, 3.63) is 53.6 Å². The first-order chi connectivity index (χ1) is 19.3. The largest absolute Gasteiger partial charge is 0.418 e. The van der Waals surface area contributed by atoms with Gasteiger partial charge in [-0.2, -0.15) is 26.3 Å². The van der Waals surface area contributed by atoms with Crippen molar-refractivity contribution >= 4 is 23.0 Å². The summed E-state index contributed by atoms with van der Waals surface area (Å²) in [6.07, 6.45) is -4.06. The number of piperidine rings is 2. The molecule has 0 radical (unpaired) electrons. The summed E-state index contributed by atoms with van der Waals surface area (Å²) in [5, 5.41) is 20.7. The van der Waals surface area contributed by atoms with Crippen LogP contribution in [0.3, 0.4) is 0 Å². The van der Waals surface area contributed by atoms with Gasteiger partial charge in [-0.15, -0.1) is 5.23 Å². The number of hydrogen-bond donors (Lipinski definition) is 3. The first-order valence-electron chi connectivity index (χ1n) is 13.7. The Hall–Kier alpha value is -3.19. The molecular formula is C28H34F6N4O3. The predicted octanol–water partition coefficient (Wildman–Crippen LogP) is 6.80. The van der Waals surface area contributed by atoms with E-state index in [-0.39, 0.29) is 17.6 Å². The second-order valence-corrected chi connectivity index (χ2v) is 10.7. The van der Waals surface area contributed by atoms with Gasteiger partial charge in [0, 0.05) is 50.0 Å². The Bertz CT molecular complexity index is 1160. The van der Waals surface area contributed by atoms with Crippen LogP contribution in [0.15, 0.2) is 42.5 Å². The fourth-order valence-electron chi connectivity index (χ4n) is 5.58. The Labute approximate surface area is 234 Å². The highest BCUT2D eigenvalue weighted by atomic mass is 19.4. The van der Waals surface area contributed by atoms with Crippen molar-refractivity contribution < 1.29 is 41.6 Å². The third-order valence-corrected chi connectivity index (χ3v) is 7.91. The summed E-state index contributed by atoms with van der Waals surface area (Å²) in [6, 6.07) is 8.26. The fourth-order valence-corrected chi connectivity index (χ4v) is 5.58. The van der Waals surface area contributed by atoms with Crippen LogP contribution >= 0.6 is 0 Å². The van der Waals surface area contributed by atoms with Crippen molar-refractivity contribution in [2.45, 2.75) is 63.3 Å². The van der Waals surface area contributed by atoms with Gasteiger partial charge in [0.1, 0.15) is 5.69 Å². The molecule has 13 heteroatoms. The fraction of sp³-hybridized carbons (Fsp3) is 0.536. The Balaban J connectivity index is 1.16. The SMILES string of the molecule is O=C(CCCC1CCN(c2ccc(C(F)(F)F)cc2)CC1)N1CCC(Nc2ccc(N(O)O)c(C(F)(F)F)c2)CC1. The molecule has 2 fully saturated rings. The zero-order valence-corrected chi connectivity index (χ0v) is 22.4. The van der Waals surface area contributed by atoms with Gasteiger partial charge in [0.15, 0.2) is 0 Å². The molecule has 0 aromatic heterocycles. The van der Waals surface area contributed by atoms with Crippen LogP contribution in [0, 0.1) is 5.92 Å². The lowest BCUT2D eigenvalue weighted by atomic mass is 9.91. The summed E-state index contributed by atoms with van der Waals surface area (Å²) < 4.78 is 78.3. The summed E-state index contributed by atoms with van der Waals surface area (Å²) in [4.78, 5) is 16.6. The lowest BCUT2D eigenvalue weighted by Gasteiger charge is -2.34. The number of nitrogens with one attached hydrogen (secondary N) is 1. The van der Waals surface area contributed by atoms with Crippen LogP contribution < -0.4 is 15.4 Å². The van der Waals surface area contributed by atoms with Crippen molar-refractivity contribution in [2.75, 3.05) is 41.6 Å². The molecule has 2 aliphatic rings. The molecule has 0 aliphatic carbocycles. The maximum atomic E-state index is 13.3. The smallest absolute Gasteiger partial charge is 0.382 e. The number of hydrogen-bond acceptors (Lipinski definition) is 6. The summed E-state index contributed by atoms with van der Waals surface area (Å²) >= 11 is 0. The first kappa shape index (κ1) is 30.8. The molecule has 2 heterocycles. The van der Waals surface area contributed by atoms with E-state index in [9.17, 15) is 31.1 Å². The minimum absolute atomic E-state index is 0.0559. The number of carbonyl (C=O) groups excluding carboxylic acids is 1. The number of nitrogens with zero attached hydrogens (tertiary/aromatic N) is 3. The third kappa shape index (κ3) is 8.19. The summed E-state index contributed by atoms with van der Waals surface area (Å²) in [5.74, 6) is 0.514. The predicted molar refractivity (Wildman–Crippen MR) is 141 cm³/mol. The number of rotatable bonds is 8. The molecule has 7 nitrogen and oxygen atoms in total. The first-order valence-corrected chi connectivity index (χ1v) is 13.7. The van der Waals surface area contributed by atoms with Gasteiger partial charge in [0.2, 0.25) is 5.91 Å². The Morgan fingerprint density at radius 2 is 1.51 bits per heavy atom. The average Bonchev–Trinajstić information content (AvgIpc) is 2.93. The van der Waals surface area contributed by atoms with Crippen LogP contribution in [-0.2, 0) is 17.1 Å². The highest BCUT2D eigenvalue weighted by Gasteiger charge is 2.36. The monoisotopic (exact) mass is 588 g/mol. The van der Waals surface area contributed by atoms with E-state index in [1.54, 1.807) is 4.90 Å². The van der Waals surface area contributed by atoms with E-state index >= 15 is 0 Å². The van der Waals surface area contributed by atoms with Crippen LogP contribution in [0.2, 0.25) is 0 Å². The number of likely N-dealkylation sites (tertiary alicyclic amines) is 1. The van der Waals surface area contributed by atoms with Crippen LogP contribution in [0.1, 0.15) is 56.1 Å². The highest BCUT2D eigenvalue weighted by Crippen LogP contribution is 2.38. The molecule has 4 rings (SSSR count). The summed E-state index contributed by atoms with van der Waals surface area (Å²) in [5.41, 5.74) is -1.62. The summed E-state index contributed by atoms with van der Waals surface area (Å²) in [7, 11) is 0. The van der Waals surface area contributed by atoms with Gasteiger partial charge >= 0.3 is 12.4 Å². The molecule has 0 atom stereocenters. The number of halogens is 6. The van der Waals surface area contributed by atoms with E-state index in [2.05, 4.69) is 10.2 Å². The molecule has 2 aromatic rings. The maximum absolute atomic E-state index is 13.3. The molecule has 2 aliphatic heterocycles. The molecule has 0 unspecified atom stereocenters. The quantitative estimate of drug-likeness (QED) is 0.233. The molecule has 41 heavy (non-hydrogen) atoms. The van der Waals surface area contributed by atoms with Crippen LogP contribution in [0.25, 0.3) is 0 Å². The highest BCUT2D eigenvalue weighted by molar-refractivity contribution is 5.76. The molecule has 0 saturated carbocycles. The minimum atomic E-state index is -4.77. The topological polar surface area (TPSA) is 79.3 Å². The molecule has 1 amide bonds. The second-order valence-electron chi connectivity index (χ2n) is 10.7. The van der Waals surface area contributed by atoms with Gasteiger partial charge in [0.25, 0.3) is 0 Å². The number of anilines is 3. The van der Waals surface area contributed by atoms with E-state index in [4.69, 9.17) is 10.4 Å². The molecule has 3 N–H and O–H groups in total. The van der Waals surface area contributed by atoms with Crippen molar-refractivity contribution in [1.29, 1.82) is 0 Å². The Kier molecular flexibility index (Phi) is 9.58.